The Labute approximate surface area is 117 Å². The van der Waals surface area contributed by atoms with Gasteiger partial charge in [-0.2, -0.15) is 0 Å². The van der Waals surface area contributed by atoms with Crippen molar-refractivity contribution in [2.45, 2.75) is 13.8 Å². The first kappa shape index (κ1) is 14.2. The van der Waals surface area contributed by atoms with Crippen LogP contribution in [0.2, 0.25) is 0 Å². The number of nitrogens with zero attached hydrogens (tertiary/aromatic N) is 3. The predicted molar refractivity (Wildman–Crippen MR) is 75.0 cm³/mol. The fourth-order valence-electron chi connectivity index (χ4n) is 1.72. The van der Waals surface area contributed by atoms with Crippen molar-refractivity contribution in [3.63, 3.8) is 0 Å². The van der Waals surface area contributed by atoms with E-state index >= 15 is 0 Å². The van der Waals surface area contributed by atoms with E-state index in [0.29, 0.717) is 18.8 Å². The topological polar surface area (TPSA) is 69.0 Å². The number of hydrogen-bond donors (Lipinski definition) is 1. The number of hydrogen-bond acceptors (Lipinski definition) is 4. The Kier molecular flexibility index (Phi) is 4.47. The number of amides is 1. The molecule has 0 radical (unpaired) electrons. The van der Waals surface area contributed by atoms with Crippen molar-refractivity contribution in [2.75, 3.05) is 20.3 Å². The molecule has 1 aromatic heterocycles. The quantitative estimate of drug-likeness (QED) is 0.833. The Morgan fingerprint density at radius 3 is 2.85 bits per heavy atom. The highest BCUT2D eigenvalue weighted by Gasteiger charge is 2.11. The van der Waals surface area contributed by atoms with Crippen molar-refractivity contribution in [1.82, 2.24) is 20.3 Å². The van der Waals surface area contributed by atoms with Crippen molar-refractivity contribution < 1.29 is 9.53 Å². The van der Waals surface area contributed by atoms with Crippen molar-refractivity contribution in [3.05, 3.63) is 41.2 Å². The lowest BCUT2D eigenvalue weighted by atomic mass is 10.1. The molecule has 1 amide bonds. The molecule has 2 aromatic rings. The van der Waals surface area contributed by atoms with E-state index in [0.717, 1.165) is 5.69 Å². The van der Waals surface area contributed by atoms with Crippen LogP contribution < -0.4 is 5.32 Å². The van der Waals surface area contributed by atoms with Gasteiger partial charge in [0.2, 0.25) is 0 Å². The summed E-state index contributed by atoms with van der Waals surface area (Å²) in [6, 6.07) is 5.98. The highest BCUT2D eigenvalue weighted by Crippen LogP contribution is 2.13. The maximum absolute atomic E-state index is 11.8. The third-order valence-corrected chi connectivity index (χ3v) is 3.07. The molecule has 0 bridgehead atoms. The molecule has 0 atom stereocenters. The number of rotatable bonds is 5. The van der Waals surface area contributed by atoms with Crippen molar-refractivity contribution in [1.29, 1.82) is 0 Å². The number of aromatic nitrogens is 3. The lowest BCUT2D eigenvalue weighted by molar-refractivity contribution is 0.0932. The van der Waals surface area contributed by atoms with E-state index in [-0.39, 0.29) is 5.91 Å². The minimum atomic E-state index is -0.253. The molecule has 1 N–H and O–H groups in total. The van der Waals surface area contributed by atoms with Gasteiger partial charge in [0.25, 0.3) is 5.91 Å². The number of benzene rings is 1. The summed E-state index contributed by atoms with van der Waals surface area (Å²) < 4.78 is 6.47. The van der Waals surface area contributed by atoms with Crippen LogP contribution in [0, 0.1) is 13.8 Å². The lowest BCUT2D eigenvalue weighted by Gasteiger charge is -2.04. The van der Waals surface area contributed by atoms with E-state index in [1.54, 1.807) is 18.0 Å². The molecular formula is C14H18N4O2. The van der Waals surface area contributed by atoms with Gasteiger partial charge >= 0.3 is 0 Å². The van der Waals surface area contributed by atoms with Gasteiger partial charge in [-0.3, -0.25) is 4.79 Å². The Balaban J connectivity index is 2.12. The molecule has 0 aliphatic carbocycles. The second-order valence-electron chi connectivity index (χ2n) is 4.57. The smallest absolute Gasteiger partial charge is 0.273 e. The zero-order chi connectivity index (χ0) is 14.5. The van der Waals surface area contributed by atoms with Gasteiger partial charge in [0.15, 0.2) is 5.69 Å². The molecule has 0 unspecified atom stereocenters. The van der Waals surface area contributed by atoms with Crippen LogP contribution >= 0.6 is 0 Å². The van der Waals surface area contributed by atoms with E-state index in [4.69, 9.17) is 4.74 Å². The van der Waals surface area contributed by atoms with Gasteiger partial charge in [0, 0.05) is 13.7 Å². The number of methoxy groups -OCH3 is 1. The summed E-state index contributed by atoms with van der Waals surface area (Å²) in [5, 5.41) is 10.6. The molecule has 0 saturated heterocycles. The first-order chi connectivity index (χ1) is 9.61. The minimum absolute atomic E-state index is 0.253. The first-order valence-corrected chi connectivity index (χ1v) is 6.39. The summed E-state index contributed by atoms with van der Waals surface area (Å²) in [5.41, 5.74) is 3.56. The van der Waals surface area contributed by atoms with Gasteiger partial charge in [-0.25, -0.2) is 4.68 Å². The normalized spacial score (nSPS) is 10.6. The second-order valence-corrected chi connectivity index (χ2v) is 4.57. The number of nitrogens with one attached hydrogen (secondary N) is 1. The molecule has 0 saturated carbocycles. The summed E-state index contributed by atoms with van der Waals surface area (Å²) in [6.07, 6.45) is 1.62. The average molecular weight is 274 g/mol. The van der Waals surface area contributed by atoms with Crippen LogP contribution in [0.1, 0.15) is 21.6 Å². The maximum atomic E-state index is 11.8. The molecule has 2 rings (SSSR count). The molecule has 0 aliphatic rings. The number of carbonyl (C=O) groups is 1. The van der Waals surface area contributed by atoms with Crippen LogP contribution in [0.3, 0.4) is 0 Å². The van der Waals surface area contributed by atoms with Crippen LogP contribution in [-0.2, 0) is 4.74 Å². The van der Waals surface area contributed by atoms with Crippen LogP contribution in [0.15, 0.2) is 24.4 Å². The molecule has 0 fully saturated rings. The molecule has 6 nitrogen and oxygen atoms in total. The molecule has 106 valence electrons. The minimum Gasteiger partial charge on any atom is -0.383 e. The molecule has 0 aliphatic heterocycles. The standard InChI is InChI=1S/C14H18N4O2/c1-10-4-5-12(8-11(10)2)18-9-13(16-17-18)14(19)15-6-7-20-3/h4-5,8-9H,6-7H2,1-3H3,(H,15,19). The van der Waals surface area contributed by atoms with Crippen LogP contribution in [0.5, 0.6) is 0 Å². The largest absolute Gasteiger partial charge is 0.383 e. The Bertz CT molecular complexity index is 607. The van der Waals surface area contributed by atoms with Crippen molar-refractivity contribution >= 4 is 5.91 Å². The van der Waals surface area contributed by atoms with Gasteiger partial charge in [0.05, 0.1) is 18.5 Å². The summed E-state index contributed by atoms with van der Waals surface area (Å²) in [6.45, 7) is 5.01. The summed E-state index contributed by atoms with van der Waals surface area (Å²) in [7, 11) is 1.59. The third-order valence-electron chi connectivity index (χ3n) is 3.07. The summed E-state index contributed by atoms with van der Waals surface area (Å²) >= 11 is 0. The van der Waals surface area contributed by atoms with Gasteiger partial charge in [0.1, 0.15) is 0 Å². The molecule has 0 spiro atoms. The molecule has 1 aromatic carbocycles. The van der Waals surface area contributed by atoms with Crippen LogP contribution in [0.4, 0.5) is 0 Å². The van der Waals surface area contributed by atoms with Gasteiger partial charge in [-0.05, 0) is 37.1 Å². The number of carbonyl (C=O) groups excluding carboxylic acids is 1. The van der Waals surface area contributed by atoms with Gasteiger partial charge in [-0.1, -0.05) is 11.3 Å². The highest BCUT2D eigenvalue weighted by atomic mass is 16.5. The molecule has 6 heteroatoms. The monoisotopic (exact) mass is 274 g/mol. The van der Waals surface area contributed by atoms with Crippen molar-refractivity contribution in [3.8, 4) is 5.69 Å². The predicted octanol–water partition coefficient (Wildman–Crippen LogP) is 1.26. The highest BCUT2D eigenvalue weighted by molar-refractivity contribution is 5.91. The molecular weight excluding hydrogens is 256 g/mol. The fourth-order valence-corrected chi connectivity index (χ4v) is 1.72. The van der Waals surface area contributed by atoms with Crippen LogP contribution in [-0.4, -0.2) is 41.2 Å². The fraction of sp³-hybridized carbons (Fsp3) is 0.357. The van der Waals surface area contributed by atoms with E-state index in [9.17, 15) is 4.79 Å². The SMILES string of the molecule is COCCNC(=O)c1cn(-c2ccc(C)c(C)c2)nn1. The third kappa shape index (κ3) is 3.21. The van der Waals surface area contributed by atoms with E-state index in [2.05, 4.69) is 22.6 Å². The second kappa shape index (κ2) is 6.29. The van der Waals surface area contributed by atoms with Crippen molar-refractivity contribution in [2.24, 2.45) is 0 Å². The Morgan fingerprint density at radius 1 is 1.35 bits per heavy atom. The Hall–Kier alpha value is -2.21. The summed E-state index contributed by atoms with van der Waals surface area (Å²) in [4.78, 5) is 11.8. The zero-order valence-electron chi connectivity index (χ0n) is 11.9. The van der Waals surface area contributed by atoms with E-state index in [1.807, 2.05) is 25.1 Å². The summed E-state index contributed by atoms with van der Waals surface area (Å²) in [5.74, 6) is -0.253. The average Bonchev–Trinajstić information content (AvgIpc) is 2.92. The molecule has 20 heavy (non-hydrogen) atoms. The van der Waals surface area contributed by atoms with E-state index in [1.165, 1.54) is 11.1 Å². The number of aryl methyl sites for hydroxylation is 2. The van der Waals surface area contributed by atoms with Gasteiger partial charge < -0.3 is 10.1 Å². The van der Waals surface area contributed by atoms with E-state index < -0.39 is 0 Å². The van der Waals surface area contributed by atoms with Crippen LogP contribution in [0.25, 0.3) is 5.69 Å². The first-order valence-electron chi connectivity index (χ1n) is 6.39. The lowest BCUT2D eigenvalue weighted by Crippen LogP contribution is -2.27. The zero-order valence-corrected chi connectivity index (χ0v) is 11.9. The molecule has 1 heterocycles. The van der Waals surface area contributed by atoms with Gasteiger partial charge in [-0.15, -0.1) is 5.10 Å². The maximum Gasteiger partial charge on any atom is 0.273 e. The Morgan fingerprint density at radius 2 is 2.15 bits per heavy atom. The number of ether oxygens (including phenoxy) is 1.